The topological polar surface area (TPSA) is 91.1 Å². The van der Waals surface area contributed by atoms with Gasteiger partial charge in [-0.05, 0) is 42.3 Å². The van der Waals surface area contributed by atoms with E-state index >= 15 is 0 Å². The van der Waals surface area contributed by atoms with E-state index < -0.39 is 46.7 Å². The van der Waals surface area contributed by atoms with E-state index in [0.717, 1.165) is 12.0 Å². The van der Waals surface area contributed by atoms with Crippen LogP contribution in [0.15, 0.2) is 51.8 Å². The smallest absolute Gasteiger partial charge is 0.362 e. The van der Waals surface area contributed by atoms with Crippen molar-refractivity contribution in [2.75, 3.05) is 0 Å². The van der Waals surface area contributed by atoms with E-state index in [1.807, 2.05) is 19.1 Å². The molecule has 3 aromatic heterocycles. The number of benzene rings is 2. The molecule has 166 valence electrons. The summed E-state index contributed by atoms with van der Waals surface area (Å²) >= 11 is 0. The summed E-state index contributed by atoms with van der Waals surface area (Å²) in [6.07, 6.45) is 2.20. The molecule has 1 amide bonds. The lowest BCUT2D eigenvalue weighted by molar-refractivity contribution is 0.0995. The fourth-order valence-electron chi connectivity index (χ4n) is 4.20. The molecule has 0 fully saturated rings. The molecule has 0 aliphatic heterocycles. The standard InChI is InChI=1S/C24H16F3N3O3/c1-2-11-5-6-17-13(8-11)18-12-4-3-7-29-23(12)33-24(32)21(18)30(17)10-15-19(26)14(22(28)31)9-16(25)20(15)27/h3-9H,2,10H2,1H3,(H2,28,31). The van der Waals surface area contributed by atoms with Crippen LogP contribution in [0.1, 0.15) is 28.4 Å². The zero-order valence-corrected chi connectivity index (χ0v) is 17.3. The number of aryl methyl sites for hydroxylation is 1. The van der Waals surface area contributed by atoms with Gasteiger partial charge in [-0.25, -0.2) is 22.9 Å². The van der Waals surface area contributed by atoms with E-state index in [-0.39, 0.29) is 11.2 Å². The second kappa shape index (κ2) is 7.47. The van der Waals surface area contributed by atoms with Gasteiger partial charge in [0, 0.05) is 33.4 Å². The summed E-state index contributed by atoms with van der Waals surface area (Å²) in [5.74, 6) is -5.41. The Morgan fingerprint density at radius 1 is 1.12 bits per heavy atom. The molecule has 3 heterocycles. The van der Waals surface area contributed by atoms with Crippen molar-refractivity contribution in [2.45, 2.75) is 19.9 Å². The number of hydrogen-bond acceptors (Lipinski definition) is 4. The quantitative estimate of drug-likeness (QED) is 0.410. The number of pyridine rings is 1. The van der Waals surface area contributed by atoms with Crippen molar-refractivity contribution >= 4 is 38.8 Å². The lowest BCUT2D eigenvalue weighted by atomic mass is 10.1. The Morgan fingerprint density at radius 3 is 2.64 bits per heavy atom. The summed E-state index contributed by atoms with van der Waals surface area (Å²) in [6.45, 7) is 1.40. The van der Waals surface area contributed by atoms with Gasteiger partial charge in [0.15, 0.2) is 11.6 Å². The van der Waals surface area contributed by atoms with Crippen LogP contribution in [0, 0.1) is 17.5 Å². The highest BCUT2D eigenvalue weighted by atomic mass is 19.2. The Morgan fingerprint density at radius 2 is 1.91 bits per heavy atom. The lowest BCUT2D eigenvalue weighted by Crippen LogP contribution is -2.18. The molecule has 0 unspecified atom stereocenters. The Balaban J connectivity index is 1.91. The number of hydrogen-bond donors (Lipinski definition) is 1. The summed E-state index contributed by atoms with van der Waals surface area (Å²) in [5, 5.41) is 1.71. The zero-order valence-electron chi connectivity index (χ0n) is 17.3. The zero-order chi connectivity index (χ0) is 23.4. The van der Waals surface area contributed by atoms with Crippen LogP contribution in [0.2, 0.25) is 0 Å². The van der Waals surface area contributed by atoms with E-state index in [1.54, 1.807) is 18.2 Å². The number of carbonyl (C=O) groups is 1. The van der Waals surface area contributed by atoms with E-state index in [2.05, 4.69) is 4.98 Å². The molecule has 0 aliphatic rings. The summed E-state index contributed by atoms with van der Waals surface area (Å²) in [5.41, 5.74) is 4.48. The maximum atomic E-state index is 15.0. The molecule has 0 saturated carbocycles. The first-order valence-electron chi connectivity index (χ1n) is 10.1. The monoisotopic (exact) mass is 451 g/mol. The van der Waals surface area contributed by atoms with Gasteiger partial charge in [0.05, 0.1) is 12.1 Å². The van der Waals surface area contributed by atoms with Crippen LogP contribution in [-0.4, -0.2) is 15.5 Å². The van der Waals surface area contributed by atoms with Crippen molar-refractivity contribution in [1.29, 1.82) is 0 Å². The average Bonchev–Trinajstić information content (AvgIpc) is 3.13. The first-order valence-corrected chi connectivity index (χ1v) is 10.1. The molecule has 2 N–H and O–H groups in total. The lowest BCUT2D eigenvalue weighted by Gasteiger charge is -2.12. The summed E-state index contributed by atoms with van der Waals surface area (Å²) in [4.78, 5) is 28.6. The van der Waals surface area contributed by atoms with E-state index in [1.165, 1.54) is 10.8 Å². The molecule has 33 heavy (non-hydrogen) atoms. The third-order valence-corrected chi connectivity index (χ3v) is 5.79. The predicted molar refractivity (Wildman–Crippen MR) is 117 cm³/mol. The number of amides is 1. The average molecular weight is 451 g/mol. The van der Waals surface area contributed by atoms with Crippen LogP contribution in [0.4, 0.5) is 13.2 Å². The Labute approximate surface area is 184 Å². The molecule has 0 spiro atoms. The van der Waals surface area contributed by atoms with Crippen LogP contribution in [0.25, 0.3) is 32.9 Å². The van der Waals surface area contributed by atoms with Gasteiger partial charge in [-0.1, -0.05) is 13.0 Å². The SMILES string of the molecule is CCc1ccc2c(c1)c1c3cccnc3oc(=O)c1n2Cc1c(F)c(F)cc(C(N)=O)c1F. The molecular formula is C24H16F3N3O3. The molecule has 6 nitrogen and oxygen atoms in total. The molecule has 2 aromatic carbocycles. The number of primary amides is 1. The van der Waals surface area contributed by atoms with Crippen molar-refractivity contribution in [1.82, 2.24) is 9.55 Å². The Kier molecular flexibility index (Phi) is 4.70. The maximum absolute atomic E-state index is 15.0. The van der Waals surface area contributed by atoms with Gasteiger partial charge >= 0.3 is 5.63 Å². The van der Waals surface area contributed by atoms with Crippen LogP contribution in [0.5, 0.6) is 0 Å². The van der Waals surface area contributed by atoms with Crippen molar-refractivity contribution in [3.8, 4) is 0 Å². The summed E-state index contributed by atoms with van der Waals surface area (Å²) in [7, 11) is 0. The van der Waals surface area contributed by atoms with Crippen molar-refractivity contribution < 1.29 is 22.4 Å². The van der Waals surface area contributed by atoms with Crippen LogP contribution >= 0.6 is 0 Å². The largest absolute Gasteiger partial charge is 0.402 e. The third kappa shape index (κ3) is 3.07. The van der Waals surface area contributed by atoms with E-state index in [9.17, 15) is 22.8 Å². The first-order chi connectivity index (χ1) is 15.8. The van der Waals surface area contributed by atoms with Gasteiger partial charge in [0.2, 0.25) is 5.71 Å². The van der Waals surface area contributed by atoms with Crippen molar-refractivity contribution in [3.63, 3.8) is 0 Å². The summed E-state index contributed by atoms with van der Waals surface area (Å²) < 4.78 is 50.6. The molecule has 5 aromatic rings. The fourth-order valence-corrected chi connectivity index (χ4v) is 4.20. The second-order valence-electron chi connectivity index (χ2n) is 7.64. The maximum Gasteiger partial charge on any atom is 0.362 e. The van der Waals surface area contributed by atoms with Crippen LogP contribution in [0.3, 0.4) is 0 Å². The number of nitrogens with two attached hydrogens (primary N) is 1. The van der Waals surface area contributed by atoms with Crippen LogP contribution in [-0.2, 0) is 13.0 Å². The first kappa shape index (κ1) is 20.7. The number of halogens is 3. The molecule has 9 heteroatoms. The molecule has 0 bridgehead atoms. The van der Waals surface area contributed by atoms with E-state index in [0.29, 0.717) is 27.7 Å². The third-order valence-electron chi connectivity index (χ3n) is 5.79. The number of fused-ring (bicyclic) bond motifs is 5. The van der Waals surface area contributed by atoms with Gasteiger partial charge in [-0.3, -0.25) is 4.79 Å². The minimum absolute atomic E-state index is 0.0439. The molecule has 0 radical (unpaired) electrons. The molecule has 0 saturated heterocycles. The fraction of sp³-hybridized carbons (Fsp3) is 0.125. The molecule has 0 aliphatic carbocycles. The second-order valence-corrected chi connectivity index (χ2v) is 7.64. The van der Waals surface area contributed by atoms with Gasteiger partial charge in [-0.2, -0.15) is 0 Å². The van der Waals surface area contributed by atoms with Gasteiger partial charge in [0.1, 0.15) is 11.3 Å². The normalized spacial score (nSPS) is 11.6. The molecular weight excluding hydrogens is 435 g/mol. The van der Waals surface area contributed by atoms with Gasteiger partial charge < -0.3 is 14.7 Å². The predicted octanol–water partition coefficient (Wildman–Crippen LogP) is 4.42. The van der Waals surface area contributed by atoms with Gasteiger partial charge in [0.25, 0.3) is 5.91 Å². The van der Waals surface area contributed by atoms with Gasteiger partial charge in [-0.15, -0.1) is 0 Å². The molecule has 5 rings (SSSR count). The number of rotatable bonds is 4. The minimum atomic E-state index is -1.47. The number of aromatic nitrogens is 2. The summed E-state index contributed by atoms with van der Waals surface area (Å²) in [6, 6.07) is 9.26. The molecule has 0 atom stereocenters. The van der Waals surface area contributed by atoms with Crippen molar-refractivity contribution in [2.24, 2.45) is 5.73 Å². The highest BCUT2D eigenvalue weighted by Crippen LogP contribution is 2.34. The van der Waals surface area contributed by atoms with E-state index in [4.69, 9.17) is 10.2 Å². The Bertz CT molecular complexity index is 1670. The highest BCUT2D eigenvalue weighted by molar-refractivity contribution is 6.18. The minimum Gasteiger partial charge on any atom is -0.402 e. The van der Waals surface area contributed by atoms with Crippen molar-refractivity contribution in [3.05, 3.63) is 87.2 Å². The Hall–Kier alpha value is -4.14. The van der Waals surface area contributed by atoms with Crippen LogP contribution < -0.4 is 11.4 Å². The number of carbonyl (C=O) groups excluding carboxylic acids is 1. The number of nitrogens with zero attached hydrogens (tertiary/aromatic N) is 2. The highest BCUT2D eigenvalue weighted by Gasteiger charge is 2.25.